The molecule has 0 heterocycles. The summed E-state index contributed by atoms with van der Waals surface area (Å²) in [5, 5.41) is 12.6. The van der Waals surface area contributed by atoms with Crippen molar-refractivity contribution in [2.45, 2.75) is 6.61 Å². The Bertz CT molecular complexity index is 954. The zero-order valence-electron chi connectivity index (χ0n) is 14.2. The van der Waals surface area contributed by atoms with Gasteiger partial charge in [0.05, 0.1) is 0 Å². The second-order valence-corrected chi connectivity index (χ2v) is 6.03. The van der Waals surface area contributed by atoms with Crippen molar-refractivity contribution in [1.82, 2.24) is 0 Å². The van der Waals surface area contributed by atoms with Crippen LogP contribution in [0.25, 0.3) is 11.1 Å². The molecule has 0 aromatic heterocycles. The summed E-state index contributed by atoms with van der Waals surface area (Å²) in [6, 6.07) is 22.6. The smallest absolute Gasteiger partial charge is 0.350 e. The number of halogens is 1. The van der Waals surface area contributed by atoms with Gasteiger partial charge in [-0.2, -0.15) is 0 Å². The molecule has 1 N–H and O–H groups in total. The number of ether oxygens (including phenoxy) is 1. The molecule has 5 nitrogen and oxygen atoms in total. The molecule has 0 saturated carbocycles. The molecule has 0 spiro atoms. The number of benzene rings is 3. The average molecular weight is 382 g/mol. The van der Waals surface area contributed by atoms with Crippen LogP contribution in [0, 0.1) is 0 Å². The number of carbonyl (C=O) groups is 1. The van der Waals surface area contributed by atoms with E-state index in [0.717, 1.165) is 16.7 Å². The van der Waals surface area contributed by atoms with Crippen molar-refractivity contribution in [2.24, 2.45) is 5.16 Å². The van der Waals surface area contributed by atoms with Gasteiger partial charge in [-0.25, -0.2) is 4.79 Å². The van der Waals surface area contributed by atoms with Gasteiger partial charge in [0.15, 0.2) is 6.21 Å². The van der Waals surface area contributed by atoms with Crippen LogP contribution in [0.15, 0.2) is 78.0 Å². The molecule has 0 unspecified atom stereocenters. The van der Waals surface area contributed by atoms with Crippen LogP contribution in [0.5, 0.6) is 11.5 Å². The van der Waals surface area contributed by atoms with Gasteiger partial charge in [0.1, 0.15) is 18.1 Å². The van der Waals surface area contributed by atoms with Crippen molar-refractivity contribution in [1.29, 1.82) is 0 Å². The number of rotatable bonds is 7. The molecule has 3 rings (SSSR count). The monoisotopic (exact) mass is 381 g/mol. The van der Waals surface area contributed by atoms with E-state index in [9.17, 15) is 4.79 Å². The van der Waals surface area contributed by atoms with Crippen molar-refractivity contribution in [3.8, 4) is 22.6 Å². The number of hydrogen-bond donors (Lipinski definition) is 1. The van der Waals surface area contributed by atoms with Gasteiger partial charge in [-0.05, 0) is 41.5 Å². The van der Waals surface area contributed by atoms with E-state index in [1.165, 1.54) is 0 Å². The summed E-state index contributed by atoms with van der Waals surface area (Å²) in [6.45, 7) is 0.0941. The number of oxime groups is 1. The highest BCUT2D eigenvalue weighted by atomic mass is 35.5. The molecule has 136 valence electrons. The lowest BCUT2D eigenvalue weighted by molar-refractivity contribution is -0.129. The van der Waals surface area contributed by atoms with Crippen molar-refractivity contribution in [3.05, 3.63) is 83.4 Å². The molecule has 0 aliphatic heterocycles. The van der Waals surface area contributed by atoms with Gasteiger partial charge in [-0.1, -0.05) is 59.2 Å². The lowest BCUT2D eigenvalue weighted by atomic mass is 10.1. The molecular weight excluding hydrogens is 366 g/mol. The van der Waals surface area contributed by atoms with Gasteiger partial charge >= 0.3 is 5.97 Å². The van der Waals surface area contributed by atoms with Crippen molar-refractivity contribution >= 4 is 23.8 Å². The van der Waals surface area contributed by atoms with Crippen LogP contribution in [0.4, 0.5) is 0 Å². The molecule has 3 aromatic carbocycles. The van der Waals surface area contributed by atoms with Gasteiger partial charge in [0, 0.05) is 10.6 Å². The maximum atomic E-state index is 10.4. The number of para-hydroxylation sites is 1. The minimum atomic E-state index is -1.17. The highest BCUT2D eigenvalue weighted by Gasteiger charge is 2.07. The molecule has 0 saturated heterocycles. The molecule has 0 aliphatic rings. The third-order valence-electron chi connectivity index (χ3n) is 3.67. The van der Waals surface area contributed by atoms with E-state index < -0.39 is 5.97 Å². The van der Waals surface area contributed by atoms with Crippen LogP contribution in [-0.2, 0) is 16.2 Å². The van der Waals surface area contributed by atoms with Crippen LogP contribution in [0.2, 0.25) is 5.02 Å². The minimum absolute atomic E-state index is 0.0941. The van der Waals surface area contributed by atoms with Gasteiger partial charge in [-0.15, -0.1) is 0 Å². The predicted molar refractivity (Wildman–Crippen MR) is 104 cm³/mol. The summed E-state index contributed by atoms with van der Waals surface area (Å²) in [5.41, 5.74) is 2.78. The van der Waals surface area contributed by atoms with E-state index in [2.05, 4.69) is 5.16 Å². The Labute approximate surface area is 161 Å². The summed E-state index contributed by atoms with van der Waals surface area (Å²) >= 11 is 5.95. The van der Waals surface area contributed by atoms with Gasteiger partial charge < -0.3 is 14.7 Å². The van der Waals surface area contributed by atoms with Crippen molar-refractivity contribution < 1.29 is 19.5 Å². The first-order valence-electron chi connectivity index (χ1n) is 8.12. The second-order valence-electron chi connectivity index (χ2n) is 5.59. The van der Waals surface area contributed by atoms with E-state index in [-0.39, 0.29) is 6.61 Å². The molecule has 0 fully saturated rings. The molecule has 0 atom stereocenters. The minimum Gasteiger partial charge on any atom is -0.477 e. The largest absolute Gasteiger partial charge is 0.477 e. The Morgan fingerprint density at radius 3 is 2.56 bits per heavy atom. The number of aliphatic carboxylic acids is 1. The summed E-state index contributed by atoms with van der Waals surface area (Å²) in [6.07, 6.45) is 0.694. The fourth-order valence-corrected chi connectivity index (χ4v) is 2.55. The van der Waals surface area contributed by atoms with E-state index in [1.54, 1.807) is 0 Å². The first kappa shape index (κ1) is 18.5. The summed E-state index contributed by atoms with van der Waals surface area (Å²) in [7, 11) is 0. The highest BCUT2D eigenvalue weighted by Crippen LogP contribution is 2.30. The van der Waals surface area contributed by atoms with Crippen molar-refractivity contribution in [3.63, 3.8) is 0 Å². The highest BCUT2D eigenvalue weighted by molar-refractivity contribution is 6.30. The first-order chi connectivity index (χ1) is 13.1. The quantitative estimate of drug-likeness (QED) is 0.440. The maximum Gasteiger partial charge on any atom is 0.350 e. The van der Waals surface area contributed by atoms with Crippen LogP contribution in [-0.4, -0.2) is 17.3 Å². The van der Waals surface area contributed by atoms with Gasteiger partial charge in [0.2, 0.25) is 0 Å². The molecule has 0 bridgehead atoms. The van der Waals surface area contributed by atoms with E-state index in [0.29, 0.717) is 22.7 Å². The summed E-state index contributed by atoms with van der Waals surface area (Å²) in [5.74, 6) is 0.110. The van der Waals surface area contributed by atoms with Crippen LogP contribution in [0.1, 0.15) is 5.56 Å². The molecule has 27 heavy (non-hydrogen) atoms. The van der Waals surface area contributed by atoms with E-state index >= 15 is 0 Å². The molecular formula is C21H16ClNO4. The molecule has 3 aromatic rings. The van der Waals surface area contributed by atoms with E-state index in [4.69, 9.17) is 26.3 Å². The Morgan fingerprint density at radius 1 is 1.00 bits per heavy atom. The number of carboxylic acid groups (broad SMARTS) is 1. The second kappa shape index (κ2) is 8.87. The standard InChI is InChI=1S/C21H16ClNO4/c22-18-10-8-15(9-11-18)16-5-3-6-19(12-16)27-20-7-2-1-4-17(20)14-26-23-13-21(24)25/h1-13H,14H2,(H,24,25). The average Bonchev–Trinajstić information content (AvgIpc) is 2.67. The third kappa shape index (κ3) is 5.33. The van der Waals surface area contributed by atoms with Gasteiger partial charge in [0.25, 0.3) is 0 Å². The molecule has 0 radical (unpaired) electrons. The molecule has 0 aliphatic carbocycles. The Hall–Kier alpha value is -3.31. The Morgan fingerprint density at radius 2 is 1.78 bits per heavy atom. The fraction of sp³-hybridized carbons (Fsp3) is 0.0476. The number of hydrogen-bond acceptors (Lipinski definition) is 4. The SMILES string of the molecule is O=C(O)C=NOCc1ccccc1Oc1cccc(-c2ccc(Cl)cc2)c1. The summed E-state index contributed by atoms with van der Waals surface area (Å²) < 4.78 is 6.00. The Balaban J connectivity index is 1.76. The zero-order chi connectivity index (χ0) is 19.1. The fourth-order valence-electron chi connectivity index (χ4n) is 2.42. The lowest BCUT2D eigenvalue weighted by Gasteiger charge is -2.11. The molecule has 6 heteroatoms. The van der Waals surface area contributed by atoms with Crippen molar-refractivity contribution in [2.75, 3.05) is 0 Å². The zero-order valence-corrected chi connectivity index (χ0v) is 15.0. The van der Waals surface area contributed by atoms with Gasteiger partial charge in [-0.3, -0.25) is 0 Å². The number of nitrogens with zero attached hydrogens (tertiary/aromatic N) is 1. The maximum absolute atomic E-state index is 10.4. The number of carboxylic acids is 1. The van der Waals surface area contributed by atoms with Crippen LogP contribution < -0.4 is 4.74 Å². The van der Waals surface area contributed by atoms with Crippen LogP contribution in [0.3, 0.4) is 0 Å². The predicted octanol–water partition coefficient (Wildman–Crippen LogP) is 5.39. The first-order valence-corrected chi connectivity index (χ1v) is 8.49. The lowest BCUT2D eigenvalue weighted by Crippen LogP contribution is -1.97. The Kier molecular flexibility index (Phi) is 6.07. The van der Waals surface area contributed by atoms with Crippen LogP contribution >= 0.6 is 11.6 Å². The normalized spacial score (nSPS) is 10.7. The van der Waals surface area contributed by atoms with E-state index in [1.807, 2.05) is 72.8 Å². The molecule has 0 amide bonds. The third-order valence-corrected chi connectivity index (χ3v) is 3.92. The topological polar surface area (TPSA) is 68.1 Å². The summed E-state index contributed by atoms with van der Waals surface area (Å²) in [4.78, 5) is 15.4.